The lowest BCUT2D eigenvalue weighted by Gasteiger charge is -2.15. The predicted molar refractivity (Wildman–Crippen MR) is 102 cm³/mol. The Morgan fingerprint density at radius 2 is 2.26 bits per heavy atom. The van der Waals surface area contributed by atoms with Gasteiger partial charge >= 0.3 is 0 Å². The molecular formula is C19H18N8. The Morgan fingerprint density at radius 1 is 1.37 bits per heavy atom. The molecule has 0 aromatic carbocycles. The van der Waals surface area contributed by atoms with Crippen molar-refractivity contribution in [2.75, 3.05) is 6.54 Å². The van der Waals surface area contributed by atoms with Crippen LogP contribution in [-0.4, -0.2) is 37.5 Å². The molecule has 0 bridgehead atoms. The van der Waals surface area contributed by atoms with Crippen LogP contribution in [0, 0.1) is 22.7 Å². The van der Waals surface area contributed by atoms with Crippen LogP contribution < -0.4 is 0 Å². The first-order valence-electron chi connectivity index (χ1n) is 8.54. The summed E-state index contributed by atoms with van der Waals surface area (Å²) >= 11 is 0. The first-order valence-corrected chi connectivity index (χ1v) is 8.54. The number of allylic oxidation sites excluding steroid dienone is 2. The number of nitrogens with zero attached hydrogens (tertiary/aromatic N) is 7. The third-order valence-corrected chi connectivity index (χ3v) is 4.07. The fraction of sp³-hybridized carbons (Fsp3) is 0.263. The molecule has 3 heterocycles. The number of H-pyrrole nitrogens is 1. The largest absolute Gasteiger partial charge is 0.346 e. The summed E-state index contributed by atoms with van der Waals surface area (Å²) in [6.07, 6.45) is 10.9. The quantitative estimate of drug-likeness (QED) is 0.650. The smallest absolute Gasteiger partial charge is 0.141 e. The molecule has 0 saturated carbocycles. The molecule has 0 amide bonds. The second kappa shape index (κ2) is 8.54. The van der Waals surface area contributed by atoms with E-state index in [0.29, 0.717) is 6.54 Å². The lowest BCUT2D eigenvalue weighted by atomic mass is 10.0. The summed E-state index contributed by atoms with van der Waals surface area (Å²) in [6, 6.07) is 5.89. The summed E-state index contributed by atoms with van der Waals surface area (Å²) in [5, 5.41) is 23.5. The van der Waals surface area contributed by atoms with E-state index in [-0.39, 0.29) is 18.9 Å². The number of aromatic nitrogens is 5. The van der Waals surface area contributed by atoms with Gasteiger partial charge in [-0.2, -0.15) is 15.6 Å². The third-order valence-electron chi connectivity index (χ3n) is 4.07. The SMILES string of the molecule is CCN=C/C(=C\CC#N)C(CC#N)n1cc(-c2ncnc3[nH]ccc23)cn1. The molecular weight excluding hydrogens is 340 g/mol. The second-order valence-corrected chi connectivity index (χ2v) is 5.74. The van der Waals surface area contributed by atoms with Crippen molar-refractivity contribution in [2.45, 2.75) is 25.8 Å². The van der Waals surface area contributed by atoms with Gasteiger partial charge < -0.3 is 4.98 Å². The number of nitrogens with one attached hydrogen (secondary N) is 1. The molecule has 1 unspecified atom stereocenters. The normalized spacial score (nSPS) is 12.9. The van der Waals surface area contributed by atoms with Crippen LogP contribution in [0.4, 0.5) is 0 Å². The van der Waals surface area contributed by atoms with E-state index in [1.54, 1.807) is 23.2 Å². The lowest BCUT2D eigenvalue weighted by molar-refractivity contribution is 0.536. The maximum absolute atomic E-state index is 9.28. The average molecular weight is 358 g/mol. The Labute approximate surface area is 156 Å². The van der Waals surface area contributed by atoms with Gasteiger partial charge in [-0.3, -0.25) is 9.67 Å². The lowest BCUT2D eigenvalue weighted by Crippen LogP contribution is -2.13. The van der Waals surface area contributed by atoms with Crippen LogP contribution >= 0.6 is 0 Å². The number of nitriles is 2. The van der Waals surface area contributed by atoms with Gasteiger partial charge in [0.15, 0.2) is 0 Å². The highest BCUT2D eigenvalue weighted by atomic mass is 15.3. The van der Waals surface area contributed by atoms with E-state index in [9.17, 15) is 5.26 Å². The van der Waals surface area contributed by atoms with Crippen molar-refractivity contribution in [3.8, 4) is 23.4 Å². The minimum atomic E-state index is -0.323. The fourth-order valence-electron chi connectivity index (χ4n) is 2.82. The standard InChI is InChI=1S/C19H18N8/c1-2-22-10-14(4-3-7-20)17(5-8-21)27-12-15(11-26-27)18-16-6-9-23-19(16)25-13-24-18/h4,6,9-13,17H,2-3,5H2,1H3,(H,23,24,25)/b14-4+,22-10?. The van der Waals surface area contributed by atoms with Crippen molar-refractivity contribution in [1.82, 2.24) is 24.7 Å². The maximum Gasteiger partial charge on any atom is 0.141 e. The van der Waals surface area contributed by atoms with Gasteiger partial charge in [0.05, 0.1) is 42.9 Å². The van der Waals surface area contributed by atoms with Gasteiger partial charge in [-0.15, -0.1) is 0 Å². The number of hydrogen-bond acceptors (Lipinski definition) is 6. The van der Waals surface area contributed by atoms with Crippen LogP contribution in [0.25, 0.3) is 22.3 Å². The van der Waals surface area contributed by atoms with Crippen molar-refractivity contribution < 1.29 is 0 Å². The second-order valence-electron chi connectivity index (χ2n) is 5.74. The molecule has 3 aromatic rings. The van der Waals surface area contributed by atoms with Gasteiger partial charge in [0.25, 0.3) is 0 Å². The molecule has 0 aliphatic rings. The van der Waals surface area contributed by atoms with Gasteiger partial charge in [0.1, 0.15) is 12.0 Å². The van der Waals surface area contributed by atoms with Gasteiger partial charge in [-0.05, 0) is 18.6 Å². The highest BCUT2D eigenvalue weighted by molar-refractivity contribution is 5.90. The molecule has 0 spiro atoms. The summed E-state index contributed by atoms with van der Waals surface area (Å²) < 4.78 is 1.73. The highest BCUT2D eigenvalue weighted by Crippen LogP contribution is 2.27. The molecule has 8 heteroatoms. The summed E-state index contributed by atoms with van der Waals surface area (Å²) in [6.45, 7) is 2.56. The van der Waals surface area contributed by atoms with Crippen molar-refractivity contribution in [2.24, 2.45) is 4.99 Å². The molecule has 3 rings (SSSR count). The van der Waals surface area contributed by atoms with Gasteiger partial charge in [0.2, 0.25) is 0 Å². The Hall–Kier alpha value is -3.78. The molecule has 1 N–H and O–H groups in total. The summed E-state index contributed by atoms with van der Waals surface area (Å²) in [5.41, 5.74) is 3.15. The number of aromatic amines is 1. The van der Waals surface area contributed by atoms with Gasteiger partial charge in [0, 0.05) is 36.1 Å². The molecule has 134 valence electrons. The average Bonchev–Trinajstić information content (AvgIpc) is 3.36. The molecule has 27 heavy (non-hydrogen) atoms. The number of rotatable bonds is 7. The highest BCUT2D eigenvalue weighted by Gasteiger charge is 2.18. The van der Waals surface area contributed by atoms with Crippen molar-refractivity contribution in [3.05, 3.63) is 42.6 Å². The zero-order valence-electron chi connectivity index (χ0n) is 14.9. The molecule has 0 radical (unpaired) electrons. The minimum Gasteiger partial charge on any atom is -0.346 e. The maximum atomic E-state index is 9.28. The molecule has 0 saturated heterocycles. The van der Waals surface area contributed by atoms with E-state index < -0.39 is 0 Å². The number of hydrogen-bond donors (Lipinski definition) is 1. The molecule has 0 aliphatic carbocycles. The van der Waals surface area contributed by atoms with Crippen LogP contribution in [-0.2, 0) is 0 Å². The Morgan fingerprint density at radius 3 is 3.04 bits per heavy atom. The van der Waals surface area contributed by atoms with Crippen molar-refractivity contribution >= 4 is 17.2 Å². The number of aliphatic imine (C=N–C) groups is 1. The molecule has 8 nitrogen and oxygen atoms in total. The van der Waals surface area contributed by atoms with Crippen LogP contribution in [0.3, 0.4) is 0 Å². The fourth-order valence-corrected chi connectivity index (χ4v) is 2.82. The van der Waals surface area contributed by atoms with E-state index >= 15 is 0 Å². The minimum absolute atomic E-state index is 0.220. The number of fused-ring (bicyclic) bond motifs is 1. The first-order chi connectivity index (χ1) is 13.3. The van der Waals surface area contributed by atoms with E-state index in [0.717, 1.165) is 27.9 Å². The predicted octanol–water partition coefficient (Wildman–Crippen LogP) is 3.21. The zero-order chi connectivity index (χ0) is 19.1. The first kappa shape index (κ1) is 18.0. The monoisotopic (exact) mass is 358 g/mol. The Kier molecular flexibility index (Phi) is 5.70. The molecule has 0 aliphatic heterocycles. The van der Waals surface area contributed by atoms with Crippen LogP contribution in [0.1, 0.15) is 25.8 Å². The van der Waals surface area contributed by atoms with Gasteiger partial charge in [-0.25, -0.2) is 9.97 Å². The molecule has 1 atom stereocenters. The molecule has 3 aromatic heterocycles. The summed E-state index contributed by atoms with van der Waals surface area (Å²) in [5.74, 6) is 0. The van der Waals surface area contributed by atoms with Crippen molar-refractivity contribution in [1.29, 1.82) is 10.5 Å². The topological polar surface area (TPSA) is 119 Å². The molecule has 0 fully saturated rings. The van der Waals surface area contributed by atoms with Gasteiger partial charge in [-0.1, -0.05) is 6.08 Å². The van der Waals surface area contributed by atoms with Crippen LogP contribution in [0.15, 0.2) is 47.6 Å². The van der Waals surface area contributed by atoms with E-state index in [1.165, 1.54) is 6.33 Å². The Balaban J connectivity index is 2.00. The summed E-state index contributed by atoms with van der Waals surface area (Å²) in [7, 11) is 0. The Bertz CT molecular complexity index is 1060. The summed E-state index contributed by atoms with van der Waals surface area (Å²) in [4.78, 5) is 15.9. The van der Waals surface area contributed by atoms with Crippen LogP contribution in [0.5, 0.6) is 0 Å². The van der Waals surface area contributed by atoms with Crippen molar-refractivity contribution in [3.63, 3.8) is 0 Å². The van der Waals surface area contributed by atoms with E-state index in [1.807, 2.05) is 25.4 Å². The third kappa shape index (κ3) is 3.91. The van der Waals surface area contributed by atoms with Crippen LogP contribution in [0.2, 0.25) is 0 Å². The zero-order valence-corrected chi connectivity index (χ0v) is 14.9. The van der Waals surface area contributed by atoms with E-state index in [2.05, 4.69) is 37.2 Å². The van der Waals surface area contributed by atoms with E-state index in [4.69, 9.17) is 5.26 Å².